The van der Waals surface area contributed by atoms with E-state index in [9.17, 15) is 0 Å². The molecule has 1 aromatic heterocycles. The molecule has 2 aromatic carbocycles. The second-order valence-corrected chi connectivity index (χ2v) is 5.96. The SMILES string of the molecule is COc1ccc(-c2nnc(SCc3ccccc3)n2N)cc1OC. The van der Waals surface area contributed by atoms with Crippen LogP contribution >= 0.6 is 11.8 Å². The molecule has 3 aromatic rings. The highest BCUT2D eigenvalue weighted by Gasteiger charge is 2.14. The van der Waals surface area contributed by atoms with E-state index in [1.807, 2.05) is 36.4 Å². The minimum atomic E-state index is 0.575. The molecule has 0 amide bonds. The van der Waals surface area contributed by atoms with Crippen LogP contribution < -0.4 is 15.3 Å². The standard InChI is InChI=1S/C17H18N4O2S/c1-22-14-9-8-13(10-15(14)23-2)16-19-20-17(21(16)18)24-11-12-6-4-3-5-7-12/h3-10H,11,18H2,1-2H3. The third kappa shape index (κ3) is 3.30. The Balaban J connectivity index is 1.82. The maximum absolute atomic E-state index is 6.16. The van der Waals surface area contributed by atoms with Gasteiger partial charge in [0.15, 0.2) is 17.3 Å². The summed E-state index contributed by atoms with van der Waals surface area (Å²) in [6.45, 7) is 0. The highest BCUT2D eigenvalue weighted by molar-refractivity contribution is 7.98. The van der Waals surface area contributed by atoms with E-state index in [0.29, 0.717) is 22.5 Å². The van der Waals surface area contributed by atoms with Gasteiger partial charge in [-0.15, -0.1) is 10.2 Å². The Kier molecular flexibility index (Phi) is 4.90. The molecule has 0 aliphatic carbocycles. The number of nitrogen functional groups attached to an aromatic ring is 1. The molecule has 0 saturated heterocycles. The van der Waals surface area contributed by atoms with Gasteiger partial charge in [-0.05, 0) is 23.8 Å². The zero-order valence-corrected chi connectivity index (χ0v) is 14.3. The first-order chi connectivity index (χ1) is 11.7. The maximum atomic E-state index is 6.16. The van der Waals surface area contributed by atoms with Gasteiger partial charge in [-0.2, -0.15) is 0 Å². The van der Waals surface area contributed by atoms with Gasteiger partial charge in [0.25, 0.3) is 0 Å². The number of nitrogens with zero attached hydrogens (tertiary/aromatic N) is 3. The molecule has 0 atom stereocenters. The first-order valence-corrected chi connectivity index (χ1v) is 8.31. The summed E-state index contributed by atoms with van der Waals surface area (Å²) >= 11 is 1.54. The Morgan fingerprint density at radius 1 is 1.00 bits per heavy atom. The van der Waals surface area contributed by atoms with Crippen molar-refractivity contribution in [3.8, 4) is 22.9 Å². The monoisotopic (exact) mass is 342 g/mol. The minimum Gasteiger partial charge on any atom is -0.493 e. The quantitative estimate of drug-likeness (QED) is 0.548. The van der Waals surface area contributed by atoms with Crippen LogP contribution in [0.25, 0.3) is 11.4 Å². The number of benzene rings is 2. The van der Waals surface area contributed by atoms with Crippen molar-refractivity contribution in [1.82, 2.24) is 14.9 Å². The van der Waals surface area contributed by atoms with Gasteiger partial charge in [-0.1, -0.05) is 42.1 Å². The largest absolute Gasteiger partial charge is 0.493 e. The Bertz CT molecular complexity index is 821. The zero-order valence-electron chi connectivity index (χ0n) is 13.5. The molecule has 0 spiro atoms. The van der Waals surface area contributed by atoms with Crippen LogP contribution in [0.1, 0.15) is 5.56 Å². The van der Waals surface area contributed by atoms with E-state index in [0.717, 1.165) is 11.3 Å². The topological polar surface area (TPSA) is 75.2 Å². The molecule has 24 heavy (non-hydrogen) atoms. The van der Waals surface area contributed by atoms with Crippen molar-refractivity contribution in [2.75, 3.05) is 20.1 Å². The number of methoxy groups -OCH3 is 2. The highest BCUT2D eigenvalue weighted by atomic mass is 32.2. The smallest absolute Gasteiger partial charge is 0.210 e. The van der Waals surface area contributed by atoms with Crippen LogP contribution in [-0.4, -0.2) is 29.1 Å². The van der Waals surface area contributed by atoms with E-state index < -0.39 is 0 Å². The second-order valence-electron chi connectivity index (χ2n) is 5.02. The van der Waals surface area contributed by atoms with Crippen molar-refractivity contribution in [2.24, 2.45) is 0 Å². The average molecular weight is 342 g/mol. The fourth-order valence-corrected chi connectivity index (χ4v) is 3.08. The first-order valence-electron chi connectivity index (χ1n) is 7.32. The minimum absolute atomic E-state index is 0.575. The number of thioether (sulfide) groups is 1. The summed E-state index contributed by atoms with van der Waals surface area (Å²) in [5.74, 6) is 8.79. The lowest BCUT2D eigenvalue weighted by Gasteiger charge is -2.09. The Morgan fingerprint density at radius 3 is 2.46 bits per heavy atom. The third-order valence-electron chi connectivity index (χ3n) is 3.52. The predicted molar refractivity (Wildman–Crippen MR) is 94.7 cm³/mol. The van der Waals surface area contributed by atoms with Crippen LogP contribution in [0.15, 0.2) is 53.7 Å². The van der Waals surface area contributed by atoms with E-state index in [1.165, 1.54) is 10.2 Å². The lowest BCUT2D eigenvalue weighted by molar-refractivity contribution is 0.355. The fourth-order valence-electron chi connectivity index (χ4n) is 2.27. The number of hydrogen-bond donors (Lipinski definition) is 1. The van der Waals surface area contributed by atoms with Gasteiger partial charge in [0.05, 0.1) is 14.2 Å². The Labute approximate surface area is 144 Å². The first kappa shape index (κ1) is 16.2. The van der Waals surface area contributed by atoms with Crippen LogP contribution in [0.4, 0.5) is 0 Å². The fraction of sp³-hybridized carbons (Fsp3) is 0.176. The average Bonchev–Trinajstić information content (AvgIpc) is 3.00. The Morgan fingerprint density at radius 2 is 1.75 bits per heavy atom. The van der Waals surface area contributed by atoms with E-state index in [2.05, 4.69) is 22.3 Å². The summed E-state index contributed by atoms with van der Waals surface area (Å²) in [5.41, 5.74) is 2.02. The number of aromatic nitrogens is 3. The zero-order chi connectivity index (χ0) is 16.9. The van der Waals surface area contributed by atoms with Gasteiger partial charge in [0.1, 0.15) is 0 Å². The third-order valence-corrected chi connectivity index (χ3v) is 4.53. The van der Waals surface area contributed by atoms with Gasteiger partial charge >= 0.3 is 0 Å². The molecule has 0 aliphatic heterocycles. The van der Waals surface area contributed by atoms with Gasteiger partial charge in [0.2, 0.25) is 5.16 Å². The molecule has 7 heteroatoms. The second kappa shape index (κ2) is 7.27. The van der Waals surface area contributed by atoms with Crippen molar-refractivity contribution in [2.45, 2.75) is 10.9 Å². The van der Waals surface area contributed by atoms with E-state index >= 15 is 0 Å². The summed E-state index contributed by atoms with van der Waals surface area (Å²) in [6, 6.07) is 15.7. The molecule has 0 radical (unpaired) electrons. The number of ether oxygens (including phenoxy) is 2. The van der Waals surface area contributed by atoms with Crippen molar-refractivity contribution < 1.29 is 9.47 Å². The van der Waals surface area contributed by atoms with Crippen LogP contribution in [0.3, 0.4) is 0 Å². The normalized spacial score (nSPS) is 10.6. The molecule has 3 rings (SSSR count). The Hall–Kier alpha value is -2.67. The lowest BCUT2D eigenvalue weighted by atomic mass is 10.2. The molecule has 0 unspecified atom stereocenters. The molecule has 124 valence electrons. The predicted octanol–water partition coefficient (Wildman–Crippen LogP) is 2.97. The summed E-state index contributed by atoms with van der Waals surface area (Å²) < 4.78 is 12.1. The van der Waals surface area contributed by atoms with Crippen molar-refractivity contribution in [3.63, 3.8) is 0 Å². The van der Waals surface area contributed by atoms with Crippen LogP contribution in [0, 0.1) is 0 Å². The molecule has 2 N–H and O–H groups in total. The highest BCUT2D eigenvalue weighted by Crippen LogP contribution is 2.32. The molecule has 0 saturated carbocycles. The van der Waals surface area contributed by atoms with Gasteiger partial charge in [0, 0.05) is 11.3 Å². The van der Waals surface area contributed by atoms with Crippen molar-refractivity contribution in [1.29, 1.82) is 0 Å². The summed E-state index contributed by atoms with van der Waals surface area (Å²) in [5, 5.41) is 9.04. The van der Waals surface area contributed by atoms with E-state index in [4.69, 9.17) is 15.3 Å². The summed E-state index contributed by atoms with van der Waals surface area (Å²) in [4.78, 5) is 0. The van der Waals surface area contributed by atoms with Gasteiger partial charge in [-0.3, -0.25) is 0 Å². The van der Waals surface area contributed by atoms with E-state index in [1.54, 1.807) is 26.0 Å². The van der Waals surface area contributed by atoms with Crippen molar-refractivity contribution in [3.05, 3.63) is 54.1 Å². The molecule has 1 heterocycles. The van der Waals surface area contributed by atoms with Gasteiger partial charge in [-0.25, -0.2) is 4.68 Å². The number of hydrogen-bond acceptors (Lipinski definition) is 6. The summed E-state index contributed by atoms with van der Waals surface area (Å²) in [7, 11) is 3.19. The maximum Gasteiger partial charge on any atom is 0.210 e. The molecular formula is C17H18N4O2S. The molecule has 0 bridgehead atoms. The van der Waals surface area contributed by atoms with Crippen LogP contribution in [0.2, 0.25) is 0 Å². The summed E-state index contributed by atoms with van der Waals surface area (Å²) in [6.07, 6.45) is 0. The molecule has 6 nitrogen and oxygen atoms in total. The van der Waals surface area contributed by atoms with Crippen LogP contribution in [0.5, 0.6) is 11.5 Å². The molecule has 0 aliphatic rings. The van der Waals surface area contributed by atoms with E-state index in [-0.39, 0.29) is 0 Å². The number of rotatable bonds is 6. The number of nitrogens with two attached hydrogens (primary N) is 1. The van der Waals surface area contributed by atoms with Gasteiger partial charge < -0.3 is 15.3 Å². The molecule has 0 fully saturated rings. The lowest BCUT2D eigenvalue weighted by Crippen LogP contribution is -2.11. The van der Waals surface area contributed by atoms with Crippen molar-refractivity contribution >= 4 is 11.8 Å². The van der Waals surface area contributed by atoms with Crippen LogP contribution in [-0.2, 0) is 5.75 Å². The molecular weight excluding hydrogens is 324 g/mol.